The van der Waals surface area contributed by atoms with Crippen molar-refractivity contribution in [3.63, 3.8) is 0 Å². The van der Waals surface area contributed by atoms with Crippen LogP contribution in [-0.2, 0) is 13.0 Å². The lowest BCUT2D eigenvalue weighted by Crippen LogP contribution is -2.18. The summed E-state index contributed by atoms with van der Waals surface area (Å²) in [7, 11) is 0. The topological polar surface area (TPSA) is 35.2 Å². The summed E-state index contributed by atoms with van der Waals surface area (Å²) in [5, 5.41) is 0. The molecule has 4 heteroatoms. The molecule has 110 valence electrons. The van der Waals surface area contributed by atoms with E-state index in [0.29, 0.717) is 5.56 Å². The van der Waals surface area contributed by atoms with E-state index in [0.717, 1.165) is 42.2 Å². The van der Waals surface area contributed by atoms with Crippen molar-refractivity contribution >= 4 is 0 Å². The van der Waals surface area contributed by atoms with Crippen LogP contribution < -0.4 is 10.5 Å². The van der Waals surface area contributed by atoms with Crippen molar-refractivity contribution in [3.05, 3.63) is 64.7 Å². The number of fused-ring (bicyclic) bond motifs is 1. The minimum atomic E-state index is -0.587. The molecule has 0 saturated heterocycles. The Kier molecular flexibility index (Phi) is 3.88. The molecule has 2 N–H and O–H groups in total. The van der Waals surface area contributed by atoms with E-state index in [2.05, 4.69) is 0 Å². The molecule has 1 unspecified atom stereocenters. The van der Waals surface area contributed by atoms with Gasteiger partial charge in [0.15, 0.2) is 0 Å². The third-order valence-corrected chi connectivity index (χ3v) is 3.91. The summed E-state index contributed by atoms with van der Waals surface area (Å²) in [5.41, 5.74) is 8.67. The summed E-state index contributed by atoms with van der Waals surface area (Å²) in [5.74, 6) is -0.429. The molecule has 2 aromatic rings. The predicted molar refractivity (Wildman–Crippen MR) is 77.0 cm³/mol. The summed E-state index contributed by atoms with van der Waals surface area (Å²) in [6.45, 7) is 0.0812. The lowest BCUT2D eigenvalue weighted by molar-refractivity contribution is 0.294. The van der Waals surface area contributed by atoms with Crippen LogP contribution in [0.4, 0.5) is 8.78 Å². The Morgan fingerprint density at radius 3 is 2.86 bits per heavy atom. The van der Waals surface area contributed by atoms with Gasteiger partial charge in [-0.3, -0.25) is 0 Å². The normalized spacial score (nSPS) is 17.4. The van der Waals surface area contributed by atoms with E-state index in [1.165, 1.54) is 12.1 Å². The van der Waals surface area contributed by atoms with Crippen LogP contribution in [0.1, 0.15) is 35.6 Å². The Balaban J connectivity index is 1.81. The maximum absolute atomic E-state index is 13.6. The van der Waals surface area contributed by atoms with Gasteiger partial charge in [-0.05, 0) is 48.6 Å². The van der Waals surface area contributed by atoms with Crippen LogP contribution in [0.2, 0.25) is 0 Å². The fraction of sp³-hybridized carbons (Fsp3) is 0.294. The van der Waals surface area contributed by atoms with E-state index in [1.807, 2.05) is 18.2 Å². The van der Waals surface area contributed by atoms with Crippen molar-refractivity contribution < 1.29 is 13.5 Å². The van der Waals surface area contributed by atoms with E-state index in [1.54, 1.807) is 0 Å². The van der Waals surface area contributed by atoms with E-state index >= 15 is 0 Å². The molecule has 1 aliphatic carbocycles. The number of nitrogens with two attached hydrogens (primary N) is 1. The van der Waals surface area contributed by atoms with Gasteiger partial charge in [-0.15, -0.1) is 0 Å². The molecular formula is C17H17F2NO. The summed E-state index contributed by atoms with van der Waals surface area (Å²) in [6.07, 6.45) is 2.92. The van der Waals surface area contributed by atoms with Crippen molar-refractivity contribution in [2.24, 2.45) is 5.73 Å². The van der Waals surface area contributed by atoms with Gasteiger partial charge in [-0.25, -0.2) is 8.78 Å². The first-order valence-corrected chi connectivity index (χ1v) is 7.09. The van der Waals surface area contributed by atoms with Crippen molar-refractivity contribution in [1.29, 1.82) is 0 Å². The van der Waals surface area contributed by atoms with Crippen molar-refractivity contribution in [3.8, 4) is 5.75 Å². The van der Waals surface area contributed by atoms with Crippen LogP contribution >= 0.6 is 0 Å². The highest BCUT2D eigenvalue weighted by molar-refractivity contribution is 5.43. The zero-order valence-electron chi connectivity index (χ0n) is 11.6. The van der Waals surface area contributed by atoms with Crippen LogP contribution in [0.3, 0.4) is 0 Å². The van der Waals surface area contributed by atoms with Gasteiger partial charge in [-0.2, -0.15) is 0 Å². The van der Waals surface area contributed by atoms with Gasteiger partial charge in [0.25, 0.3) is 0 Å². The molecule has 0 heterocycles. The largest absolute Gasteiger partial charge is 0.489 e. The molecule has 3 rings (SSSR count). The quantitative estimate of drug-likeness (QED) is 0.930. The predicted octanol–water partition coefficient (Wildman–Crippen LogP) is 3.88. The second kappa shape index (κ2) is 5.82. The van der Waals surface area contributed by atoms with Gasteiger partial charge in [0.1, 0.15) is 24.0 Å². The molecule has 0 aromatic heterocycles. The fourth-order valence-corrected chi connectivity index (χ4v) is 2.78. The summed E-state index contributed by atoms with van der Waals surface area (Å²) >= 11 is 0. The molecule has 1 aliphatic rings. The first-order chi connectivity index (χ1) is 10.1. The standard InChI is InChI=1S/C17H17F2NO/c18-12-8-7-11(15(19)9-12)10-21-17-6-2-3-13-14(17)4-1-5-16(13)20/h2-3,6-9,16H,1,4-5,10,20H2. The Labute approximate surface area is 122 Å². The average molecular weight is 289 g/mol. The van der Waals surface area contributed by atoms with Gasteiger partial charge in [0.2, 0.25) is 0 Å². The number of rotatable bonds is 3. The molecule has 0 saturated carbocycles. The second-order valence-corrected chi connectivity index (χ2v) is 5.35. The summed E-state index contributed by atoms with van der Waals surface area (Å²) in [6, 6.07) is 9.35. The van der Waals surface area contributed by atoms with Crippen molar-refractivity contribution in [1.82, 2.24) is 0 Å². The minimum absolute atomic E-state index is 0.0415. The minimum Gasteiger partial charge on any atom is -0.489 e. The van der Waals surface area contributed by atoms with Crippen LogP contribution in [0.25, 0.3) is 0 Å². The van der Waals surface area contributed by atoms with E-state index in [4.69, 9.17) is 10.5 Å². The first kappa shape index (κ1) is 14.0. The molecule has 0 amide bonds. The van der Waals surface area contributed by atoms with Crippen LogP contribution in [0, 0.1) is 11.6 Å². The average Bonchev–Trinajstić information content (AvgIpc) is 2.47. The second-order valence-electron chi connectivity index (χ2n) is 5.35. The molecule has 0 bridgehead atoms. The number of benzene rings is 2. The van der Waals surface area contributed by atoms with Crippen LogP contribution in [-0.4, -0.2) is 0 Å². The van der Waals surface area contributed by atoms with Gasteiger partial charge in [-0.1, -0.05) is 12.1 Å². The lowest BCUT2D eigenvalue weighted by atomic mass is 9.87. The molecule has 2 nitrogen and oxygen atoms in total. The Hall–Kier alpha value is -1.94. The number of hydrogen-bond donors (Lipinski definition) is 1. The molecule has 1 atom stereocenters. The van der Waals surface area contributed by atoms with Gasteiger partial charge in [0, 0.05) is 17.7 Å². The molecule has 21 heavy (non-hydrogen) atoms. The van der Waals surface area contributed by atoms with Crippen molar-refractivity contribution in [2.45, 2.75) is 31.9 Å². The van der Waals surface area contributed by atoms with Gasteiger partial charge >= 0.3 is 0 Å². The summed E-state index contributed by atoms with van der Waals surface area (Å²) < 4.78 is 32.2. The fourth-order valence-electron chi connectivity index (χ4n) is 2.78. The molecule has 0 aliphatic heterocycles. The zero-order chi connectivity index (χ0) is 14.8. The zero-order valence-corrected chi connectivity index (χ0v) is 11.6. The highest BCUT2D eigenvalue weighted by atomic mass is 19.1. The van der Waals surface area contributed by atoms with E-state index < -0.39 is 11.6 Å². The third kappa shape index (κ3) is 2.90. The number of ether oxygens (including phenoxy) is 1. The highest BCUT2D eigenvalue weighted by Crippen LogP contribution is 2.34. The number of hydrogen-bond acceptors (Lipinski definition) is 2. The SMILES string of the molecule is NC1CCCc2c(OCc3ccc(F)cc3F)cccc21. The Morgan fingerprint density at radius 2 is 2.05 bits per heavy atom. The smallest absolute Gasteiger partial charge is 0.132 e. The van der Waals surface area contributed by atoms with Crippen LogP contribution in [0.5, 0.6) is 5.75 Å². The maximum atomic E-state index is 13.6. The molecule has 0 fully saturated rings. The monoisotopic (exact) mass is 289 g/mol. The van der Waals surface area contributed by atoms with Crippen LogP contribution in [0.15, 0.2) is 36.4 Å². The molecular weight excluding hydrogens is 272 g/mol. The van der Waals surface area contributed by atoms with Crippen molar-refractivity contribution in [2.75, 3.05) is 0 Å². The molecule has 0 radical (unpaired) electrons. The van der Waals surface area contributed by atoms with Gasteiger partial charge < -0.3 is 10.5 Å². The van der Waals surface area contributed by atoms with E-state index in [9.17, 15) is 8.78 Å². The van der Waals surface area contributed by atoms with E-state index in [-0.39, 0.29) is 12.6 Å². The Morgan fingerprint density at radius 1 is 1.19 bits per heavy atom. The Bertz CT molecular complexity index is 657. The third-order valence-electron chi connectivity index (χ3n) is 3.91. The molecule has 0 spiro atoms. The van der Waals surface area contributed by atoms with Gasteiger partial charge in [0.05, 0.1) is 0 Å². The lowest BCUT2D eigenvalue weighted by Gasteiger charge is -2.24. The maximum Gasteiger partial charge on any atom is 0.132 e. The first-order valence-electron chi connectivity index (χ1n) is 7.09. The number of halogens is 2. The molecule has 2 aromatic carbocycles. The summed E-state index contributed by atoms with van der Waals surface area (Å²) in [4.78, 5) is 0. The highest BCUT2D eigenvalue weighted by Gasteiger charge is 2.20.